The molecule has 0 fully saturated rings. The second kappa shape index (κ2) is 4.90. The molecule has 0 aliphatic carbocycles. The third-order valence-corrected chi connectivity index (χ3v) is 4.55. The summed E-state index contributed by atoms with van der Waals surface area (Å²) in [4.78, 5) is 0. The molecule has 4 aromatic rings. The lowest BCUT2D eigenvalue weighted by Gasteiger charge is -2.07. The summed E-state index contributed by atoms with van der Waals surface area (Å²) in [7, 11) is 0. The second-order valence-electron chi connectivity index (χ2n) is 4.97. The van der Waals surface area contributed by atoms with Gasteiger partial charge < -0.3 is 4.57 Å². The number of rotatable bonds is 1. The monoisotopic (exact) mass is 355 g/mol. The number of para-hydroxylation sites is 2. The quantitative estimate of drug-likeness (QED) is 0.382. The fourth-order valence-corrected chi connectivity index (χ4v) is 3.88. The normalized spacial score (nSPS) is 11.3. The van der Waals surface area contributed by atoms with Crippen molar-refractivity contribution in [3.63, 3.8) is 0 Å². The van der Waals surface area contributed by atoms with Gasteiger partial charge in [0.15, 0.2) is 0 Å². The van der Waals surface area contributed by atoms with Gasteiger partial charge in [-0.25, -0.2) is 0 Å². The summed E-state index contributed by atoms with van der Waals surface area (Å²) in [5.41, 5.74) is 3.43. The van der Waals surface area contributed by atoms with Gasteiger partial charge in [0, 0.05) is 26.0 Å². The van der Waals surface area contributed by atoms with Crippen molar-refractivity contribution in [2.75, 3.05) is 0 Å². The van der Waals surface area contributed by atoms with Crippen molar-refractivity contribution in [2.45, 2.75) is 0 Å². The van der Waals surface area contributed by atoms with E-state index in [9.17, 15) is 0 Å². The lowest BCUT2D eigenvalue weighted by atomic mass is 10.1. The minimum Gasteiger partial charge on any atom is -0.309 e. The molecule has 1 nitrogen and oxygen atoms in total. The van der Waals surface area contributed by atoms with Crippen LogP contribution < -0.4 is 0 Å². The van der Waals surface area contributed by atoms with E-state index >= 15 is 0 Å². The fraction of sp³-hybridized carbons (Fsp3) is 0. The molecule has 3 heteroatoms. The van der Waals surface area contributed by atoms with E-state index in [1.54, 1.807) is 0 Å². The van der Waals surface area contributed by atoms with Crippen LogP contribution in [0, 0.1) is 0 Å². The lowest BCUT2D eigenvalue weighted by molar-refractivity contribution is 1.18. The Morgan fingerprint density at radius 3 is 2.33 bits per heavy atom. The molecule has 1 aromatic heterocycles. The van der Waals surface area contributed by atoms with Crippen molar-refractivity contribution in [3.05, 3.63) is 76.2 Å². The molecule has 4 rings (SSSR count). The first-order chi connectivity index (χ1) is 10.3. The van der Waals surface area contributed by atoms with E-state index < -0.39 is 0 Å². The van der Waals surface area contributed by atoms with Crippen molar-refractivity contribution < 1.29 is 0 Å². The Labute approximate surface area is 135 Å². The van der Waals surface area contributed by atoms with Crippen LogP contribution in [0.5, 0.6) is 0 Å². The average Bonchev–Trinajstić information content (AvgIpc) is 2.82. The molecule has 102 valence electrons. The first-order valence-corrected chi connectivity index (χ1v) is 7.86. The Balaban J connectivity index is 2.27. The van der Waals surface area contributed by atoms with E-state index in [4.69, 9.17) is 11.6 Å². The Hall–Kier alpha value is -1.77. The molecule has 1 heterocycles. The SMILES string of the molecule is Clc1cc(Br)c2c3ccccc3n(-c3ccccc3)c2c1. The predicted octanol–water partition coefficient (Wildman–Crippen LogP) is 6.20. The van der Waals surface area contributed by atoms with Crippen LogP contribution in [0.2, 0.25) is 5.02 Å². The standard InChI is InChI=1S/C18H11BrClN/c19-15-10-12(20)11-17-18(15)14-8-4-5-9-16(14)21(17)13-6-2-1-3-7-13/h1-11H. The van der Waals surface area contributed by atoms with Gasteiger partial charge in [-0.1, -0.05) is 63.9 Å². The third-order valence-electron chi connectivity index (χ3n) is 3.70. The summed E-state index contributed by atoms with van der Waals surface area (Å²) in [6.07, 6.45) is 0. The predicted molar refractivity (Wildman–Crippen MR) is 93.5 cm³/mol. The van der Waals surface area contributed by atoms with E-state index in [-0.39, 0.29) is 0 Å². The molecule has 0 N–H and O–H groups in total. The summed E-state index contributed by atoms with van der Waals surface area (Å²) in [5.74, 6) is 0. The molecular formula is C18H11BrClN. The summed E-state index contributed by atoms with van der Waals surface area (Å²) in [5, 5.41) is 3.15. The molecule has 0 saturated carbocycles. The summed E-state index contributed by atoms with van der Waals surface area (Å²) in [6.45, 7) is 0. The molecule has 0 aliphatic heterocycles. The third kappa shape index (κ3) is 1.98. The van der Waals surface area contributed by atoms with Gasteiger partial charge in [0.2, 0.25) is 0 Å². The molecule has 3 aromatic carbocycles. The van der Waals surface area contributed by atoms with E-state index in [2.05, 4.69) is 69.0 Å². The minimum atomic E-state index is 0.731. The number of nitrogens with zero attached hydrogens (tertiary/aromatic N) is 1. The molecule has 21 heavy (non-hydrogen) atoms. The number of fused-ring (bicyclic) bond motifs is 3. The van der Waals surface area contributed by atoms with Crippen LogP contribution >= 0.6 is 27.5 Å². The molecule has 0 amide bonds. The summed E-state index contributed by atoms with van der Waals surface area (Å²) < 4.78 is 3.28. The van der Waals surface area contributed by atoms with Gasteiger partial charge in [0.1, 0.15) is 0 Å². The zero-order valence-electron chi connectivity index (χ0n) is 11.1. The van der Waals surface area contributed by atoms with Crippen molar-refractivity contribution in [1.29, 1.82) is 0 Å². The molecular weight excluding hydrogens is 346 g/mol. The first kappa shape index (κ1) is 12.9. The zero-order chi connectivity index (χ0) is 14.4. The maximum Gasteiger partial charge on any atom is 0.0567 e. The number of hydrogen-bond donors (Lipinski definition) is 0. The Morgan fingerprint density at radius 1 is 0.810 bits per heavy atom. The van der Waals surface area contributed by atoms with Gasteiger partial charge in [-0.15, -0.1) is 0 Å². The van der Waals surface area contributed by atoms with E-state index in [1.807, 2.05) is 18.2 Å². The van der Waals surface area contributed by atoms with Crippen molar-refractivity contribution in [2.24, 2.45) is 0 Å². The van der Waals surface area contributed by atoms with Crippen LogP contribution in [0.4, 0.5) is 0 Å². The first-order valence-electron chi connectivity index (χ1n) is 6.69. The highest BCUT2D eigenvalue weighted by molar-refractivity contribution is 9.10. The van der Waals surface area contributed by atoms with Crippen LogP contribution in [0.1, 0.15) is 0 Å². The maximum atomic E-state index is 6.27. The largest absolute Gasteiger partial charge is 0.309 e. The minimum absolute atomic E-state index is 0.731. The van der Waals surface area contributed by atoms with Crippen LogP contribution in [-0.4, -0.2) is 4.57 Å². The number of halogens is 2. The van der Waals surface area contributed by atoms with E-state index in [1.165, 1.54) is 16.3 Å². The molecule has 0 aliphatic rings. The molecule has 0 bridgehead atoms. The molecule has 0 unspecified atom stereocenters. The fourth-order valence-electron chi connectivity index (χ4n) is 2.87. The van der Waals surface area contributed by atoms with Gasteiger partial charge in [-0.2, -0.15) is 0 Å². The number of aromatic nitrogens is 1. The van der Waals surface area contributed by atoms with Gasteiger partial charge in [-0.05, 0) is 30.3 Å². The van der Waals surface area contributed by atoms with Crippen LogP contribution in [0.25, 0.3) is 27.5 Å². The van der Waals surface area contributed by atoms with Crippen LogP contribution in [-0.2, 0) is 0 Å². The van der Waals surface area contributed by atoms with Crippen molar-refractivity contribution >= 4 is 49.3 Å². The second-order valence-corrected chi connectivity index (χ2v) is 6.26. The topological polar surface area (TPSA) is 4.93 Å². The van der Waals surface area contributed by atoms with Gasteiger partial charge in [0.25, 0.3) is 0 Å². The highest BCUT2D eigenvalue weighted by atomic mass is 79.9. The van der Waals surface area contributed by atoms with Crippen molar-refractivity contribution in [3.8, 4) is 5.69 Å². The smallest absolute Gasteiger partial charge is 0.0567 e. The van der Waals surface area contributed by atoms with E-state index in [0.29, 0.717) is 0 Å². The van der Waals surface area contributed by atoms with Crippen LogP contribution in [0.15, 0.2) is 71.2 Å². The number of benzene rings is 3. The molecule has 0 atom stereocenters. The lowest BCUT2D eigenvalue weighted by Crippen LogP contribution is -1.92. The van der Waals surface area contributed by atoms with Gasteiger partial charge in [-0.3, -0.25) is 0 Å². The Bertz CT molecular complexity index is 957. The summed E-state index contributed by atoms with van der Waals surface area (Å²) in [6, 6.07) is 22.7. The van der Waals surface area contributed by atoms with Gasteiger partial charge in [0.05, 0.1) is 11.0 Å². The zero-order valence-corrected chi connectivity index (χ0v) is 13.4. The summed E-state index contributed by atoms with van der Waals surface area (Å²) >= 11 is 9.92. The van der Waals surface area contributed by atoms with Crippen LogP contribution in [0.3, 0.4) is 0 Å². The Morgan fingerprint density at radius 2 is 1.52 bits per heavy atom. The highest BCUT2D eigenvalue weighted by Crippen LogP contribution is 2.38. The molecule has 0 radical (unpaired) electrons. The maximum absolute atomic E-state index is 6.27. The number of hydrogen-bond acceptors (Lipinski definition) is 0. The molecule has 0 spiro atoms. The van der Waals surface area contributed by atoms with E-state index in [0.717, 1.165) is 20.7 Å². The molecule has 0 saturated heterocycles. The average molecular weight is 357 g/mol. The highest BCUT2D eigenvalue weighted by Gasteiger charge is 2.14. The van der Waals surface area contributed by atoms with Gasteiger partial charge >= 0.3 is 0 Å². The Kier molecular flexibility index (Phi) is 3.02. The van der Waals surface area contributed by atoms with Crippen molar-refractivity contribution in [1.82, 2.24) is 4.57 Å².